The van der Waals surface area contributed by atoms with Crippen LogP contribution in [0.4, 0.5) is 8.78 Å². The van der Waals surface area contributed by atoms with Gasteiger partial charge in [-0.3, -0.25) is 0 Å². The molecule has 0 fully saturated rings. The number of aromatic amines is 1. The lowest BCUT2D eigenvalue weighted by atomic mass is 10.2. The Bertz CT molecular complexity index is 620. The second-order valence-corrected chi connectivity index (χ2v) is 4.75. The summed E-state index contributed by atoms with van der Waals surface area (Å²) in [5, 5.41) is 0. The van der Waals surface area contributed by atoms with Crippen molar-refractivity contribution in [3.63, 3.8) is 0 Å². The molecule has 18 heavy (non-hydrogen) atoms. The summed E-state index contributed by atoms with van der Waals surface area (Å²) in [7, 11) is 1.60. The molecule has 98 valence electrons. The molecule has 0 radical (unpaired) electrons. The van der Waals surface area contributed by atoms with Crippen LogP contribution in [0.15, 0.2) is 12.1 Å². The summed E-state index contributed by atoms with van der Waals surface area (Å²) in [6, 6.07) is 2.58. The molecule has 1 aromatic heterocycles. The quantitative estimate of drug-likeness (QED) is 0.866. The van der Waals surface area contributed by atoms with Gasteiger partial charge in [-0.1, -0.05) is 6.92 Å². The first-order valence-electron chi connectivity index (χ1n) is 5.60. The van der Waals surface area contributed by atoms with Gasteiger partial charge in [0.15, 0.2) is 16.4 Å². The molecule has 1 heterocycles. The molecule has 0 aliphatic heterocycles. The summed E-state index contributed by atoms with van der Waals surface area (Å²) in [5.74, 6) is -1.59. The standard InChI is InChI=1S/C12H14F2N2OS/c1-7(6-17-2)5-16-11-9(15-12(16)18)4-3-8(13)10(11)14/h3-4,7H,5-6H2,1-2H3,(H,15,18). The number of ether oxygens (including phenoxy) is 1. The van der Waals surface area contributed by atoms with E-state index in [1.54, 1.807) is 11.7 Å². The fourth-order valence-electron chi connectivity index (χ4n) is 2.01. The number of nitrogens with one attached hydrogen (secondary N) is 1. The van der Waals surface area contributed by atoms with Crippen molar-refractivity contribution in [3.05, 3.63) is 28.5 Å². The molecule has 0 aliphatic carbocycles. The fraction of sp³-hybridized carbons (Fsp3) is 0.417. The van der Waals surface area contributed by atoms with Crippen LogP contribution in [0.2, 0.25) is 0 Å². The van der Waals surface area contributed by atoms with Crippen LogP contribution in [0.1, 0.15) is 6.92 Å². The van der Waals surface area contributed by atoms with E-state index in [1.807, 2.05) is 6.92 Å². The first kappa shape index (κ1) is 13.2. The molecule has 6 heteroatoms. The van der Waals surface area contributed by atoms with Crippen LogP contribution < -0.4 is 0 Å². The van der Waals surface area contributed by atoms with Gasteiger partial charge in [0.25, 0.3) is 0 Å². The van der Waals surface area contributed by atoms with Crippen LogP contribution in [0, 0.1) is 22.3 Å². The zero-order chi connectivity index (χ0) is 13.3. The number of hydrogen-bond donors (Lipinski definition) is 1. The lowest BCUT2D eigenvalue weighted by Crippen LogP contribution is -2.13. The SMILES string of the molecule is COCC(C)Cn1c(=S)[nH]c2ccc(F)c(F)c21. The van der Waals surface area contributed by atoms with E-state index in [2.05, 4.69) is 4.98 Å². The topological polar surface area (TPSA) is 29.9 Å². The van der Waals surface area contributed by atoms with Gasteiger partial charge >= 0.3 is 0 Å². The number of hydrogen-bond acceptors (Lipinski definition) is 2. The minimum absolute atomic E-state index is 0.156. The molecule has 2 rings (SSSR count). The van der Waals surface area contributed by atoms with Crippen molar-refractivity contribution < 1.29 is 13.5 Å². The van der Waals surface area contributed by atoms with E-state index < -0.39 is 11.6 Å². The molecule has 1 unspecified atom stereocenters. The molecule has 1 N–H and O–H groups in total. The molecule has 0 saturated heterocycles. The van der Waals surface area contributed by atoms with Gasteiger partial charge in [0.05, 0.1) is 12.1 Å². The van der Waals surface area contributed by atoms with Crippen LogP contribution in [0.5, 0.6) is 0 Å². The number of H-pyrrole nitrogens is 1. The van der Waals surface area contributed by atoms with E-state index in [4.69, 9.17) is 17.0 Å². The average molecular weight is 272 g/mol. The smallest absolute Gasteiger partial charge is 0.184 e. The van der Waals surface area contributed by atoms with Crippen molar-refractivity contribution in [3.8, 4) is 0 Å². The largest absolute Gasteiger partial charge is 0.384 e. The number of fused-ring (bicyclic) bond motifs is 1. The normalized spacial score (nSPS) is 13.1. The number of nitrogens with zero attached hydrogens (tertiary/aromatic N) is 1. The zero-order valence-corrected chi connectivity index (χ0v) is 11.0. The van der Waals surface area contributed by atoms with Gasteiger partial charge < -0.3 is 14.3 Å². The number of methoxy groups -OCH3 is 1. The van der Waals surface area contributed by atoms with Crippen LogP contribution in [0.25, 0.3) is 11.0 Å². The minimum Gasteiger partial charge on any atom is -0.384 e. The van der Waals surface area contributed by atoms with E-state index in [-0.39, 0.29) is 11.4 Å². The number of benzene rings is 1. The summed E-state index contributed by atoms with van der Waals surface area (Å²) >= 11 is 5.14. The van der Waals surface area contributed by atoms with E-state index in [0.29, 0.717) is 23.4 Å². The molecular formula is C12H14F2N2OS. The number of rotatable bonds is 4. The average Bonchev–Trinajstić information content (AvgIpc) is 2.62. The molecular weight excluding hydrogens is 258 g/mol. The Kier molecular flexibility index (Phi) is 3.77. The van der Waals surface area contributed by atoms with Gasteiger partial charge in [-0.05, 0) is 30.3 Å². The maximum atomic E-state index is 13.8. The zero-order valence-electron chi connectivity index (χ0n) is 10.2. The molecule has 3 nitrogen and oxygen atoms in total. The molecule has 0 saturated carbocycles. The van der Waals surface area contributed by atoms with Crippen molar-refractivity contribution in [2.75, 3.05) is 13.7 Å². The lowest BCUT2D eigenvalue weighted by molar-refractivity contribution is 0.151. The fourth-order valence-corrected chi connectivity index (χ4v) is 2.29. The van der Waals surface area contributed by atoms with Gasteiger partial charge in [-0.2, -0.15) is 0 Å². The molecule has 0 spiro atoms. The van der Waals surface area contributed by atoms with Crippen molar-refractivity contribution >= 4 is 23.3 Å². The predicted octanol–water partition coefficient (Wildman–Crippen LogP) is 3.26. The second-order valence-electron chi connectivity index (χ2n) is 4.36. The van der Waals surface area contributed by atoms with E-state index >= 15 is 0 Å². The minimum atomic E-state index is -0.871. The molecule has 0 aliphatic rings. The highest BCUT2D eigenvalue weighted by atomic mass is 32.1. The Hall–Kier alpha value is -1.27. The predicted molar refractivity (Wildman–Crippen MR) is 68.1 cm³/mol. The van der Waals surface area contributed by atoms with Gasteiger partial charge in [0.1, 0.15) is 5.52 Å². The maximum absolute atomic E-state index is 13.8. The van der Waals surface area contributed by atoms with Crippen LogP contribution in [0.3, 0.4) is 0 Å². The number of imidazole rings is 1. The first-order valence-corrected chi connectivity index (χ1v) is 6.01. The van der Waals surface area contributed by atoms with Gasteiger partial charge in [0.2, 0.25) is 0 Å². The van der Waals surface area contributed by atoms with Crippen molar-refractivity contribution in [1.29, 1.82) is 0 Å². The summed E-state index contributed by atoms with van der Waals surface area (Å²) in [6.45, 7) is 2.97. The van der Waals surface area contributed by atoms with Crippen LogP contribution in [-0.4, -0.2) is 23.3 Å². The summed E-state index contributed by atoms with van der Waals surface area (Å²) in [5.41, 5.74) is 0.687. The third kappa shape index (κ3) is 2.30. The van der Waals surface area contributed by atoms with Crippen molar-refractivity contribution in [1.82, 2.24) is 9.55 Å². The highest BCUT2D eigenvalue weighted by Gasteiger charge is 2.15. The first-order chi connectivity index (χ1) is 8.54. The van der Waals surface area contributed by atoms with E-state index in [9.17, 15) is 8.78 Å². The van der Waals surface area contributed by atoms with Gasteiger partial charge in [-0.25, -0.2) is 8.78 Å². The molecule has 0 amide bonds. The monoisotopic (exact) mass is 272 g/mol. The maximum Gasteiger partial charge on any atom is 0.184 e. The Labute approximate surface area is 108 Å². The highest BCUT2D eigenvalue weighted by molar-refractivity contribution is 7.71. The third-order valence-corrected chi connectivity index (χ3v) is 3.09. The van der Waals surface area contributed by atoms with Crippen LogP contribution in [-0.2, 0) is 11.3 Å². The Morgan fingerprint density at radius 3 is 2.83 bits per heavy atom. The van der Waals surface area contributed by atoms with Crippen molar-refractivity contribution in [2.45, 2.75) is 13.5 Å². The Balaban J connectivity index is 2.52. The summed E-state index contributed by atoms with van der Waals surface area (Å²) < 4.78 is 34.1. The summed E-state index contributed by atoms with van der Waals surface area (Å²) in [6.07, 6.45) is 0. The highest BCUT2D eigenvalue weighted by Crippen LogP contribution is 2.21. The molecule has 0 bridgehead atoms. The lowest BCUT2D eigenvalue weighted by Gasteiger charge is -2.12. The number of halogens is 2. The number of aromatic nitrogens is 2. The Morgan fingerprint density at radius 2 is 2.17 bits per heavy atom. The van der Waals surface area contributed by atoms with E-state index in [1.165, 1.54) is 6.07 Å². The van der Waals surface area contributed by atoms with Crippen LogP contribution >= 0.6 is 12.2 Å². The van der Waals surface area contributed by atoms with Gasteiger partial charge in [-0.15, -0.1) is 0 Å². The van der Waals surface area contributed by atoms with Crippen molar-refractivity contribution in [2.24, 2.45) is 5.92 Å². The van der Waals surface area contributed by atoms with Gasteiger partial charge in [0, 0.05) is 13.7 Å². The molecule has 1 aromatic carbocycles. The third-order valence-electron chi connectivity index (χ3n) is 2.77. The summed E-state index contributed by atoms with van der Waals surface area (Å²) in [4.78, 5) is 2.87. The Morgan fingerprint density at radius 1 is 1.44 bits per heavy atom. The molecule has 2 aromatic rings. The second kappa shape index (κ2) is 5.16. The molecule has 1 atom stereocenters. The van der Waals surface area contributed by atoms with E-state index in [0.717, 1.165) is 6.07 Å².